The van der Waals surface area contributed by atoms with Gasteiger partial charge in [-0.05, 0) is 39.2 Å². The zero-order valence-electron chi connectivity index (χ0n) is 16.8. The maximum atomic E-state index is 6.10. The highest BCUT2D eigenvalue weighted by atomic mass is 28.4. The Hall–Kier alpha value is -0.683. The Kier molecular flexibility index (Phi) is 12.1. The molecule has 0 radical (unpaired) electrons. The van der Waals surface area contributed by atoms with Crippen molar-refractivity contribution < 1.29 is 13.3 Å². The normalized spacial score (nSPS) is 11.8. The molecule has 144 valence electrons. The molecule has 0 unspecified atom stereocenters. The molecule has 0 bridgehead atoms. The fourth-order valence-corrected chi connectivity index (χ4v) is 6.00. The van der Waals surface area contributed by atoms with E-state index in [-0.39, 0.29) is 0 Å². The van der Waals surface area contributed by atoms with E-state index in [1.165, 1.54) is 50.5 Å². The SMILES string of the molecule is CCCCCCCCCc1ccccc1[Si](OCC)(OCC)OCC. The fraction of sp³-hybridized carbons (Fsp3) is 0.714. The number of unbranched alkanes of at least 4 members (excludes halogenated alkanes) is 6. The van der Waals surface area contributed by atoms with Crippen molar-refractivity contribution in [3.8, 4) is 0 Å². The lowest BCUT2D eigenvalue weighted by Gasteiger charge is -2.30. The van der Waals surface area contributed by atoms with Crippen LogP contribution in [0.5, 0.6) is 0 Å². The smallest absolute Gasteiger partial charge is 0.370 e. The molecule has 0 fully saturated rings. The van der Waals surface area contributed by atoms with Crippen LogP contribution in [0, 0.1) is 0 Å². The Bertz CT molecular complexity index is 434. The molecule has 0 spiro atoms. The lowest BCUT2D eigenvalue weighted by Crippen LogP contribution is -2.58. The van der Waals surface area contributed by atoms with Crippen LogP contribution in [-0.4, -0.2) is 28.6 Å². The van der Waals surface area contributed by atoms with Crippen molar-refractivity contribution in [2.75, 3.05) is 19.8 Å². The molecular formula is C21H38O3Si. The summed E-state index contributed by atoms with van der Waals surface area (Å²) < 4.78 is 18.3. The van der Waals surface area contributed by atoms with Gasteiger partial charge in [0.05, 0.1) is 0 Å². The Balaban J connectivity index is 2.75. The van der Waals surface area contributed by atoms with Gasteiger partial charge in [0.2, 0.25) is 0 Å². The summed E-state index contributed by atoms with van der Waals surface area (Å²) in [5.74, 6) is 0. The van der Waals surface area contributed by atoms with Crippen molar-refractivity contribution in [3.05, 3.63) is 29.8 Å². The molecule has 0 aliphatic heterocycles. The van der Waals surface area contributed by atoms with Crippen LogP contribution in [0.4, 0.5) is 0 Å². The molecule has 0 atom stereocenters. The average Bonchev–Trinajstić information content (AvgIpc) is 2.62. The monoisotopic (exact) mass is 366 g/mol. The summed E-state index contributed by atoms with van der Waals surface area (Å²) in [5.41, 5.74) is 1.33. The van der Waals surface area contributed by atoms with E-state index >= 15 is 0 Å². The van der Waals surface area contributed by atoms with Gasteiger partial charge < -0.3 is 13.3 Å². The predicted octanol–water partition coefficient (Wildman–Crippen LogP) is 5.24. The van der Waals surface area contributed by atoms with Crippen LogP contribution in [0.3, 0.4) is 0 Å². The van der Waals surface area contributed by atoms with Gasteiger partial charge in [-0.1, -0.05) is 69.7 Å². The number of hydrogen-bond acceptors (Lipinski definition) is 3. The summed E-state index contributed by atoms with van der Waals surface area (Å²) in [6.07, 6.45) is 10.4. The van der Waals surface area contributed by atoms with E-state index in [9.17, 15) is 0 Å². The first kappa shape index (κ1) is 22.4. The van der Waals surface area contributed by atoms with Crippen molar-refractivity contribution in [1.29, 1.82) is 0 Å². The molecule has 0 aliphatic rings. The molecule has 1 aromatic carbocycles. The first-order valence-electron chi connectivity index (χ1n) is 10.2. The zero-order valence-corrected chi connectivity index (χ0v) is 17.8. The van der Waals surface area contributed by atoms with E-state index < -0.39 is 8.80 Å². The summed E-state index contributed by atoms with van der Waals surface area (Å²) in [6, 6.07) is 8.54. The van der Waals surface area contributed by atoms with Crippen LogP contribution in [0.1, 0.15) is 78.2 Å². The lowest BCUT2D eigenvalue weighted by molar-refractivity contribution is 0.0857. The molecule has 0 heterocycles. The van der Waals surface area contributed by atoms with Crippen molar-refractivity contribution in [1.82, 2.24) is 0 Å². The number of aryl methyl sites for hydroxylation is 1. The fourth-order valence-electron chi connectivity index (χ4n) is 3.24. The Morgan fingerprint density at radius 1 is 0.680 bits per heavy atom. The quantitative estimate of drug-likeness (QED) is 0.314. The van der Waals surface area contributed by atoms with Gasteiger partial charge in [0.1, 0.15) is 0 Å². The number of rotatable bonds is 15. The van der Waals surface area contributed by atoms with Crippen molar-refractivity contribution in [2.24, 2.45) is 0 Å². The van der Waals surface area contributed by atoms with Crippen molar-refractivity contribution in [2.45, 2.75) is 79.1 Å². The van der Waals surface area contributed by atoms with Crippen LogP contribution in [0.2, 0.25) is 0 Å². The number of hydrogen-bond donors (Lipinski definition) is 0. The van der Waals surface area contributed by atoms with Crippen LogP contribution in [0.25, 0.3) is 0 Å². The van der Waals surface area contributed by atoms with Gasteiger partial charge in [-0.25, -0.2) is 0 Å². The van der Waals surface area contributed by atoms with Gasteiger partial charge in [0.15, 0.2) is 0 Å². The van der Waals surface area contributed by atoms with Crippen molar-refractivity contribution >= 4 is 14.0 Å². The second kappa shape index (κ2) is 13.5. The molecule has 1 aromatic rings. The van der Waals surface area contributed by atoms with E-state index in [0.29, 0.717) is 19.8 Å². The van der Waals surface area contributed by atoms with Crippen LogP contribution in [0.15, 0.2) is 24.3 Å². The minimum atomic E-state index is -2.80. The predicted molar refractivity (Wildman–Crippen MR) is 108 cm³/mol. The third kappa shape index (κ3) is 7.61. The van der Waals surface area contributed by atoms with E-state index in [0.717, 1.165) is 11.6 Å². The summed E-state index contributed by atoms with van der Waals surface area (Å²) in [7, 11) is -2.80. The second-order valence-electron chi connectivity index (χ2n) is 6.38. The van der Waals surface area contributed by atoms with Gasteiger partial charge in [-0.3, -0.25) is 0 Å². The molecule has 4 heteroatoms. The Morgan fingerprint density at radius 2 is 1.20 bits per heavy atom. The third-order valence-corrected chi connectivity index (χ3v) is 7.55. The third-order valence-electron chi connectivity index (χ3n) is 4.40. The molecule has 0 saturated heterocycles. The largest absolute Gasteiger partial charge is 0.537 e. The molecular weight excluding hydrogens is 328 g/mol. The Morgan fingerprint density at radius 3 is 1.76 bits per heavy atom. The highest BCUT2D eigenvalue weighted by Gasteiger charge is 2.44. The minimum absolute atomic E-state index is 0.609. The van der Waals surface area contributed by atoms with E-state index in [4.69, 9.17) is 13.3 Å². The maximum Gasteiger partial charge on any atom is 0.537 e. The van der Waals surface area contributed by atoms with Gasteiger partial charge in [-0.15, -0.1) is 0 Å². The van der Waals surface area contributed by atoms with Crippen LogP contribution < -0.4 is 5.19 Å². The van der Waals surface area contributed by atoms with E-state index in [2.05, 4.69) is 31.2 Å². The molecule has 1 rings (SSSR count). The lowest BCUT2D eigenvalue weighted by atomic mass is 10.0. The Labute approximate surface area is 156 Å². The summed E-state index contributed by atoms with van der Waals surface area (Å²) >= 11 is 0. The van der Waals surface area contributed by atoms with Gasteiger partial charge in [0.25, 0.3) is 0 Å². The molecule has 3 nitrogen and oxygen atoms in total. The highest BCUT2D eigenvalue weighted by Crippen LogP contribution is 2.16. The summed E-state index contributed by atoms with van der Waals surface area (Å²) in [4.78, 5) is 0. The molecule has 0 saturated carbocycles. The van der Waals surface area contributed by atoms with E-state index in [1.54, 1.807) is 0 Å². The molecule has 25 heavy (non-hydrogen) atoms. The van der Waals surface area contributed by atoms with E-state index in [1.807, 2.05) is 20.8 Å². The second-order valence-corrected chi connectivity index (χ2v) is 8.90. The topological polar surface area (TPSA) is 27.7 Å². The van der Waals surface area contributed by atoms with Crippen LogP contribution >= 0.6 is 0 Å². The summed E-state index contributed by atoms with van der Waals surface area (Å²) in [6.45, 7) is 10.1. The van der Waals surface area contributed by atoms with Gasteiger partial charge >= 0.3 is 8.80 Å². The highest BCUT2D eigenvalue weighted by molar-refractivity contribution is 6.75. The van der Waals surface area contributed by atoms with Crippen molar-refractivity contribution in [3.63, 3.8) is 0 Å². The molecule has 0 N–H and O–H groups in total. The number of benzene rings is 1. The molecule has 0 aliphatic carbocycles. The standard InChI is InChI=1S/C21H38O3Si/c1-5-9-10-11-12-13-14-17-20-18-15-16-19-21(20)25(22-6-2,23-7-3)24-8-4/h15-16,18-19H,5-14,17H2,1-4H3. The summed E-state index contributed by atoms with van der Waals surface area (Å²) in [5, 5.41) is 1.16. The van der Waals surface area contributed by atoms with Gasteiger partial charge in [-0.2, -0.15) is 0 Å². The first-order valence-corrected chi connectivity index (χ1v) is 12.0. The average molecular weight is 367 g/mol. The zero-order chi connectivity index (χ0) is 18.4. The maximum absolute atomic E-state index is 6.10. The molecule has 0 amide bonds. The minimum Gasteiger partial charge on any atom is -0.370 e. The van der Waals surface area contributed by atoms with Gasteiger partial charge in [0, 0.05) is 25.0 Å². The molecule has 0 aromatic heterocycles. The first-order chi connectivity index (χ1) is 12.2. The van der Waals surface area contributed by atoms with Crippen LogP contribution in [-0.2, 0) is 19.7 Å².